The van der Waals surface area contributed by atoms with Crippen molar-refractivity contribution in [3.63, 3.8) is 0 Å². The number of allylic oxidation sites excluding steroid dienone is 1. The number of rotatable bonds is 4. The Labute approximate surface area is 169 Å². The fraction of sp³-hybridized carbons (Fsp3) is 0. The Bertz CT molecular complexity index is 1130. The molecule has 0 saturated heterocycles. The number of H-pyrrole nitrogens is 1. The van der Waals surface area contributed by atoms with E-state index in [1.165, 1.54) is 11.3 Å². The lowest BCUT2D eigenvalue weighted by molar-refractivity contribution is 1.10. The molecule has 0 saturated carbocycles. The van der Waals surface area contributed by atoms with E-state index in [0.29, 0.717) is 10.6 Å². The fourth-order valence-electron chi connectivity index (χ4n) is 2.69. The molecule has 2 aromatic heterocycles. The highest BCUT2D eigenvalue weighted by Gasteiger charge is 2.12. The Balaban J connectivity index is 1.69. The fourth-order valence-corrected chi connectivity index (χ4v) is 3.75. The van der Waals surface area contributed by atoms with Crippen LogP contribution in [0.15, 0.2) is 70.6 Å². The Hall–Kier alpha value is -3.01. The first kappa shape index (κ1) is 17.4. The van der Waals surface area contributed by atoms with Gasteiger partial charge in [0.1, 0.15) is 11.1 Å². The molecule has 130 valence electrons. The Morgan fingerprint density at radius 2 is 1.85 bits per heavy atom. The molecule has 27 heavy (non-hydrogen) atoms. The third-order valence-corrected chi connectivity index (χ3v) is 5.43. The molecule has 4 aromatic rings. The molecular weight excluding hydrogens is 420 g/mol. The molecule has 2 heterocycles. The summed E-state index contributed by atoms with van der Waals surface area (Å²) in [4.78, 5) is 4.65. The summed E-state index contributed by atoms with van der Waals surface area (Å²) in [5.74, 6) is 0. The summed E-state index contributed by atoms with van der Waals surface area (Å²) in [5, 5.41) is 19.5. The molecule has 0 unspecified atom stereocenters. The molecule has 0 aliphatic carbocycles. The first-order chi connectivity index (χ1) is 13.2. The molecule has 0 aliphatic rings. The minimum atomic E-state index is 0.516. The van der Waals surface area contributed by atoms with Gasteiger partial charge in [-0.15, -0.1) is 11.3 Å². The second-order valence-electron chi connectivity index (χ2n) is 5.78. The number of halogens is 1. The largest absolute Gasteiger partial charge is 0.277 e. The maximum Gasteiger partial charge on any atom is 0.134 e. The molecule has 0 amide bonds. The maximum atomic E-state index is 9.67. The highest BCUT2D eigenvalue weighted by atomic mass is 79.9. The number of nitrogens with one attached hydrogen (secondary N) is 1. The number of nitriles is 1. The van der Waals surface area contributed by atoms with Crippen molar-refractivity contribution < 1.29 is 0 Å². The molecule has 6 heteroatoms. The summed E-state index contributed by atoms with van der Waals surface area (Å²) in [6.45, 7) is 0. The van der Waals surface area contributed by atoms with E-state index >= 15 is 0 Å². The van der Waals surface area contributed by atoms with E-state index in [-0.39, 0.29) is 0 Å². The van der Waals surface area contributed by atoms with Crippen LogP contribution in [0.4, 0.5) is 0 Å². The van der Waals surface area contributed by atoms with Gasteiger partial charge >= 0.3 is 0 Å². The molecule has 4 nitrogen and oxygen atoms in total. The lowest BCUT2D eigenvalue weighted by Crippen LogP contribution is -1.84. The van der Waals surface area contributed by atoms with Gasteiger partial charge < -0.3 is 0 Å². The number of thiazole rings is 1. The summed E-state index contributed by atoms with van der Waals surface area (Å²) in [6.07, 6.45) is 3.55. The van der Waals surface area contributed by atoms with Gasteiger partial charge in [0.2, 0.25) is 0 Å². The lowest BCUT2D eigenvalue weighted by atomic mass is 10.1. The van der Waals surface area contributed by atoms with Crippen molar-refractivity contribution in [2.45, 2.75) is 0 Å². The topological polar surface area (TPSA) is 65.4 Å². The Kier molecular flexibility index (Phi) is 4.97. The lowest BCUT2D eigenvalue weighted by Gasteiger charge is -2.00. The zero-order valence-electron chi connectivity index (χ0n) is 14.1. The highest BCUT2D eigenvalue weighted by molar-refractivity contribution is 9.10. The summed E-state index contributed by atoms with van der Waals surface area (Å²) in [5.41, 5.74) is 5.16. The molecule has 0 atom stereocenters. The standard InChI is InChI=1S/C21H13BrN4S/c22-18-8-6-14(7-9-18)19-13-27-21(25-19)16(11-23)10-17-12-24-26-20(17)15-4-2-1-3-5-15/h1-10,12-13H,(H,24,26)/b16-10+. The van der Waals surface area contributed by atoms with Gasteiger partial charge in [-0.1, -0.05) is 58.4 Å². The minimum absolute atomic E-state index is 0.516. The van der Waals surface area contributed by atoms with Crippen molar-refractivity contribution in [1.82, 2.24) is 15.2 Å². The van der Waals surface area contributed by atoms with Gasteiger partial charge in [-0.3, -0.25) is 5.10 Å². The summed E-state index contributed by atoms with van der Waals surface area (Å²) in [7, 11) is 0. The van der Waals surface area contributed by atoms with Crippen LogP contribution in [0.1, 0.15) is 10.6 Å². The second-order valence-corrected chi connectivity index (χ2v) is 7.55. The van der Waals surface area contributed by atoms with Gasteiger partial charge in [-0.25, -0.2) is 4.98 Å². The molecule has 4 rings (SSSR count). The van der Waals surface area contributed by atoms with E-state index in [2.05, 4.69) is 37.2 Å². The molecule has 0 radical (unpaired) electrons. The van der Waals surface area contributed by atoms with Crippen LogP contribution in [0.2, 0.25) is 0 Å². The van der Waals surface area contributed by atoms with Gasteiger partial charge in [0, 0.05) is 26.5 Å². The third kappa shape index (κ3) is 3.75. The van der Waals surface area contributed by atoms with Crippen molar-refractivity contribution in [3.8, 4) is 28.6 Å². The number of nitrogens with zero attached hydrogens (tertiary/aromatic N) is 3. The molecule has 0 spiro atoms. The third-order valence-electron chi connectivity index (χ3n) is 4.03. The van der Waals surface area contributed by atoms with Crippen LogP contribution in [0.5, 0.6) is 0 Å². The van der Waals surface area contributed by atoms with Gasteiger partial charge in [0.25, 0.3) is 0 Å². The molecule has 0 aliphatic heterocycles. The number of benzene rings is 2. The number of aromatic amines is 1. The Morgan fingerprint density at radius 1 is 1.07 bits per heavy atom. The van der Waals surface area contributed by atoms with Crippen LogP contribution in [0, 0.1) is 11.3 Å². The van der Waals surface area contributed by atoms with E-state index in [4.69, 9.17) is 0 Å². The Morgan fingerprint density at radius 3 is 2.59 bits per heavy atom. The first-order valence-electron chi connectivity index (χ1n) is 8.17. The van der Waals surface area contributed by atoms with Crippen molar-refractivity contribution in [3.05, 3.63) is 81.2 Å². The van der Waals surface area contributed by atoms with Gasteiger partial charge in [0.05, 0.1) is 23.2 Å². The second kappa shape index (κ2) is 7.70. The van der Waals surface area contributed by atoms with Crippen molar-refractivity contribution >= 4 is 38.9 Å². The summed E-state index contributed by atoms with van der Waals surface area (Å²) < 4.78 is 1.02. The SMILES string of the molecule is N#C/C(=C\c1cn[nH]c1-c1ccccc1)c1nc(-c2ccc(Br)cc2)cs1. The van der Waals surface area contributed by atoms with E-state index in [1.54, 1.807) is 6.20 Å². The molecular formula is C21H13BrN4S. The maximum absolute atomic E-state index is 9.67. The normalized spacial score (nSPS) is 11.3. The number of hydrogen-bond donors (Lipinski definition) is 1. The molecule has 1 N–H and O–H groups in total. The monoisotopic (exact) mass is 432 g/mol. The van der Waals surface area contributed by atoms with Crippen LogP contribution in [0.25, 0.3) is 34.2 Å². The van der Waals surface area contributed by atoms with Crippen LogP contribution < -0.4 is 0 Å². The van der Waals surface area contributed by atoms with Gasteiger partial charge in [-0.05, 0) is 18.2 Å². The average Bonchev–Trinajstić information content (AvgIpc) is 3.37. The van der Waals surface area contributed by atoms with Crippen molar-refractivity contribution in [2.24, 2.45) is 0 Å². The molecule has 2 aromatic carbocycles. The smallest absolute Gasteiger partial charge is 0.134 e. The van der Waals surface area contributed by atoms with Crippen LogP contribution in [-0.4, -0.2) is 15.2 Å². The van der Waals surface area contributed by atoms with E-state index in [0.717, 1.165) is 32.6 Å². The van der Waals surface area contributed by atoms with E-state index in [1.807, 2.05) is 66.1 Å². The van der Waals surface area contributed by atoms with E-state index in [9.17, 15) is 5.26 Å². The summed E-state index contributed by atoms with van der Waals surface area (Å²) in [6, 6.07) is 20.2. The van der Waals surface area contributed by atoms with Gasteiger partial charge in [-0.2, -0.15) is 10.4 Å². The number of aromatic nitrogens is 3. The van der Waals surface area contributed by atoms with Crippen LogP contribution in [-0.2, 0) is 0 Å². The zero-order valence-corrected chi connectivity index (χ0v) is 16.5. The number of hydrogen-bond acceptors (Lipinski definition) is 4. The predicted octanol–water partition coefficient (Wildman–Crippen LogP) is 6.03. The summed E-state index contributed by atoms with van der Waals surface area (Å²) >= 11 is 4.90. The minimum Gasteiger partial charge on any atom is -0.277 e. The first-order valence-corrected chi connectivity index (χ1v) is 9.84. The quantitative estimate of drug-likeness (QED) is 0.400. The molecule has 0 fully saturated rings. The van der Waals surface area contributed by atoms with Crippen molar-refractivity contribution in [1.29, 1.82) is 5.26 Å². The van der Waals surface area contributed by atoms with Gasteiger partial charge in [0.15, 0.2) is 0 Å². The average molecular weight is 433 g/mol. The van der Waals surface area contributed by atoms with Crippen LogP contribution in [0.3, 0.4) is 0 Å². The highest BCUT2D eigenvalue weighted by Crippen LogP contribution is 2.30. The predicted molar refractivity (Wildman–Crippen MR) is 113 cm³/mol. The zero-order chi connectivity index (χ0) is 18.6. The van der Waals surface area contributed by atoms with E-state index < -0.39 is 0 Å². The van der Waals surface area contributed by atoms with Crippen LogP contribution >= 0.6 is 27.3 Å². The van der Waals surface area contributed by atoms with Crippen molar-refractivity contribution in [2.75, 3.05) is 0 Å². The molecule has 0 bridgehead atoms.